The number of carbonyl (C=O) groups is 3. The molecule has 2 saturated carbocycles. The molecule has 0 aromatic rings. The van der Waals surface area contributed by atoms with E-state index in [-0.39, 0.29) is 24.3 Å². The van der Waals surface area contributed by atoms with Crippen LogP contribution in [0.25, 0.3) is 0 Å². The van der Waals surface area contributed by atoms with Gasteiger partial charge >= 0.3 is 12.0 Å². The lowest BCUT2D eigenvalue weighted by molar-refractivity contribution is -0.157. The highest BCUT2D eigenvalue weighted by Gasteiger charge is 2.65. The number of rotatable bonds is 4. The Hall–Kier alpha value is -1.59. The van der Waals surface area contributed by atoms with Gasteiger partial charge in [-0.3, -0.25) is 14.5 Å². The van der Waals surface area contributed by atoms with Crippen LogP contribution in [-0.2, 0) is 14.3 Å². The summed E-state index contributed by atoms with van der Waals surface area (Å²) >= 11 is 0. The number of carbonyl (C=O) groups excluding carboxylic acids is 3. The van der Waals surface area contributed by atoms with Gasteiger partial charge < -0.3 is 10.1 Å². The number of esters is 1. The zero-order valence-electron chi connectivity index (χ0n) is 12.8. The van der Waals surface area contributed by atoms with Gasteiger partial charge in [0.25, 0.3) is 5.91 Å². The number of nitrogens with zero attached hydrogens (tertiary/aromatic N) is 1. The molecular formula is C15H22N2O4. The molecule has 0 aromatic carbocycles. The minimum absolute atomic E-state index is 0.233. The molecule has 0 atom stereocenters. The first kappa shape index (κ1) is 14.4. The molecule has 3 amide bonds. The molecule has 1 N–H and O–H groups in total. The molecule has 1 aliphatic heterocycles. The lowest BCUT2D eigenvalue weighted by atomic mass is 9.87. The van der Waals surface area contributed by atoms with Gasteiger partial charge in [-0.15, -0.1) is 0 Å². The highest BCUT2D eigenvalue weighted by Crippen LogP contribution is 2.54. The van der Waals surface area contributed by atoms with Gasteiger partial charge in [0, 0.05) is 0 Å². The van der Waals surface area contributed by atoms with Gasteiger partial charge in [0.2, 0.25) is 0 Å². The van der Waals surface area contributed by atoms with Crippen LogP contribution in [0.1, 0.15) is 46.5 Å². The summed E-state index contributed by atoms with van der Waals surface area (Å²) < 4.78 is 5.20. The van der Waals surface area contributed by atoms with Gasteiger partial charge in [-0.1, -0.05) is 0 Å². The van der Waals surface area contributed by atoms with E-state index < -0.39 is 23.1 Å². The lowest BCUT2D eigenvalue weighted by Gasteiger charge is -2.26. The number of nitrogens with one attached hydrogen (secondary N) is 1. The predicted octanol–water partition coefficient (Wildman–Crippen LogP) is 1.44. The third kappa shape index (κ3) is 2.51. The van der Waals surface area contributed by atoms with Crippen LogP contribution in [0.5, 0.6) is 0 Å². The zero-order chi connectivity index (χ0) is 15.4. The van der Waals surface area contributed by atoms with Crippen LogP contribution in [0.15, 0.2) is 0 Å². The first-order valence-corrected chi connectivity index (χ1v) is 7.60. The van der Waals surface area contributed by atoms with Crippen LogP contribution in [-0.4, -0.2) is 40.5 Å². The van der Waals surface area contributed by atoms with E-state index >= 15 is 0 Å². The fraction of sp³-hybridized carbons (Fsp3) is 0.800. The summed E-state index contributed by atoms with van der Waals surface area (Å²) in [5, 5.41) is 2.89. The molecule has 0 radical (unpaired) electrons. The van der Waals surface area contributed by atoms with E-state index in [4.69, 9.17) is 4.74 Å². The third-order valence-electron chi connectivity index (χ3n) is 4.31. The summed E-state index contributed by atoms with van der Waals surface area (Å²) in [5.74, 6) is -0.299. The molecule has 0 aromatic heterocycles. The SMILES string of the molecule is CC(C)(C)OC(=O)CN1C(=O)NC(C2CC2)(C2CC2)C1=O. The molecular weight excluding hydrogens is 272 g/mol. The Morgan fingerprint density at radius 2 is 1.76 bits per heavy atom. The van der Waals surface area contributed by atoms with E-state index in [1.54, 1.807) is 20.8 Å². The van der Waals surface area contributed by atoms with E-state index in [1.807, 2.05) is 0 Å². The van der Waals surface area contributed by atoms with Crippen molar-refractivity contribution in [1.29, 1.82) is 0 Å². The van der Waals surface area contributed by atoms with E-state index in [1.165, 1.54) is 0 Å². The number of urea groups is 1. The van der Waals surface area contributed by atoms with Crippen molar-refractivity contribution in [2.75, 3.05) is 6.54 Å². The summed E-state index contributed by atoms with van der Waals surface area (Å²) in [6.45, 7) is 4.98. The molecule has 1 heterocycles. The minimum atomic E-state index is -0.737. The van der Waals surface area contributed by atoms with Gasteiger partial charge in [0.05, 0.1) is 0 Å². The molecule has 21 heavy (non-hydrogen) atoms. The molecule has 0 bridgehead atoms. The highest BCUT2D eigenvalue weighted by molar-refractivity contribution is 6.09. The van der Waals surface area contributed by atoms with E-state index in [0.717, 1.165) is 30.6 Å². The smallest absolute Gasteiger partial charge is 0.326 e. The van der Waals surface area contributed by atoms with Crippen molar-refractivity contribution >= 4 is 17.9 Å². The van der Waals surface area contributed by atoms with Gasteiger partial charge in [0.15, 0.2) is 0 Å². The second kappa shape index (κ2) is 4.45. The second-order valence-corrected chi connectivity index (χ2v) is 7.33. The number of hydrogen-bond acceptors (Lipinski definition) is 4. The van der Waals surface area contributed by atoms with Crippen molar-refractivity contribution in [1.82, 2.24) is 10.2 Å². The standard InChI is InChI=1S/C15H22N2O4/c1-14(2,3)21-11(18)8-17-12(19)15(9-4-5-9,10-6-7-10)16-13(17)20/h9-10H,4-8H2,1-3H3,(H,16,20). The molecule has 2 aliphatic carbocycles. The minimum Gasteiger partial charge on any atom is -0.459 e. The number of hydrogen-bond donors (Lipinski definition) is 1. The Balaban J connectivity index is 1.73. The average Bonchev–Trinajstić information content (AvgIpc) is 3.23. The Bertz CT molecular complexity index is 488. The summed E-state index contributed by atoms with van der Waals surface area (Å²) in [7, 11) is 0. The Morgan fingerprint density at radius 3 is 2.19 bits per heavy atom. The molecule has 6 heteroatoms. The maximum Gasteiger partial charge on any atom is 0.326 e. The molecule has 0 unspecified atom stereocenters. The monoisotopic (exact) mass is 294 g/mol. The van der Waals surface area contributed by atoms with Crippen molar-refractivity contribution in [2.24, 2.45) is 11.8 Å². The normalized spacial score (nSPS) is 25.0. The number of amides is 3. The van der Waals surface area contributed by atoms with Gasteiger partial charge in [0.1, 0.15) is 17.7 Å². The quantitative estimate of drug-likeness (QED) is 0.629. The second-order valence-electron chi connectivity index (χ2n) is 7.33. The molecule has 3 rings (SSSR count). The van der Waals surface area contributed by atoms with Crippen LogP contribution in [0.2, 0.25) is 0 Å². The maximum absolute atomic E-state index is 12.7. The van der Waals surface area contributed by atoms with Crippen LogP contribution in [0.4, 0.5) is 4.79 Å². The third-order valence-corrected chi connectivity index (χ3v) is 4.31. The summed E-state index contributed by atoms with van der Waals surface area (Å²) in [5.41, 5.74) is -1.36. The van der Waals surface area contributed by atoms with Crippen LogP contribution >= 0.6 is 0 Å². The molecule has 0 spiro atoms. The van der Waals surface area contributed by atoms with Crippen LogP contribution < -0.4 is 5.32 Å². The van der Waals surface area contributed by atoms with Crippen molar-refractivity contribution in [3.05, 3.63) is 0 Å². The van der Waals surface area contributed by atoms with Crippen molar-refractivity contribution in [3.8, 4) is 0 Å². The van der Waals surface area contributed by atoms with Gasteiger partial charge in [-0.05, 0) is 58.3 Å². The largest absolute Gasteiger partial charge is 0.459 e. The maximum atomic E-state index is 12.7. The predicted molar refractivity (Wildman–Crippen MR) is 74.3 cm³/mol. The zero-order valence-corrected chi connectivity index (χ0v) is 12.8. The fourth-order valence-corrected chi connectivity index (χ4v) is 3.22. The Morgan fingerprint density at radius 1 is 1.24 bits per heavy atom. The van der Waals surface area contributed by atoms with Crippen LogP contribution in [0, 0.1) is 11.8 Å². The molecule has 116 valence electrons. The lowest BCUT2D eigenvalue weighted by Crippen LogP contribution is -2.51. The number of imide groups is 1. The van der Waals surface area contributed by atoms with Crippen LogP contribution in [0.3, 0.4) is 0 Å². The van der Waals surface area contributed by atoms with Crippen molar-refractivity contribution in [3.63, 3.8) is 0 Å². The number of ether oxygens (including phenoxy) is 1. The Labute approximate surface area is 124 Å². The molecule has 1 saturated heterocycles. The molecule has 3 aliphatic rings. The van der Waals surface area contributed by atoms with E-state index in [9.17, 15) is 14.4 Å². The molecule has 3 fully saturated rings. The first-order chi connectivity index (χ1) is 9.74. The van der Waals surface area contributed by atoms with Gasteiger partial charge in [-0.2, -0.15) is 0 Å². The molecule has 6 nitrogen and oxygen atoms in total. The first-order valence-electron chi connectivity index (χ1n) is 7.60. The van der Waals surface area contributed by atoms with Crippen molar-refractivity contribution < 1.29 is 19.1 Å². The van der Waals surface area contributed by atoms with Gasteiger partial charge in [-0.25, -0.2) is 4.79 Å². The average molecular weight is 294 g/mol. The summed E-state index contributed by atoms with van der Waals surface area (Å²) in [4.78, 5) is 37.8. The summed E-state index contributed by atoms with van der Waals surface area (Å²) in [6.07, 6.45) is 3.90. The highest BCUT2D eigenvalue weighted by atomic mass is 16.6. The van der Waals surface area contributed by atoms with Crippen molar-refractivity contribution in [2.45, 2.75) is 57.6 Å². The van der Waals surface area contributed by atoms with E-state index in [0.29, 0.717) is 0 Å². The Kier molecular flexibility index (Phi) is 3.04. The van der Waals surface area contributed by atoms with E-state index in [2.05, 4.69) is 5.32 Å². The summed E-state index contributed by atoms with van der Waals surface area (Å²) in [6, 6.07) is -0.454. The fourth-order valence-electron chi connectivity index (χ4n) is 3.22. The topological polar surface area (TPSA) is 75.7 Å².